The summed E-state index contributed by atoms with van der Waals surface area (Å²) in [6.07, 6.45) is -0.562. The molecule has 0 fully saturated rings. The van der Waals surface area contributed by atoms with Crippen LogP contribution < -0.4 is 4.74 Å². The molecule has 1 rings (SSSR count). The van der Waals surface area contributed by atoms with E-state index < -0.39 is 24.0 Å². The second-order valence-corrected chi connectivity index (χ2v) is 3.21. The number of esters is 1. The minimum atomic E-state index is -0.818. The smallest absolute Gasteiger partial charge is 0.313 e. The lowest BCUT2D eigenvalue weighted by Crippen LogP contribution is -2.19. The second-order valence-electron chi connectivity index (χ2n) is 3.21. The van der Waals surface area contributed by atoms with Crippen molar-refractivity contribution in [3.05, 3.63) is 29.8 Å². The van der Waals surface area contributed by atoms with Crippen molar-refractivity contribution in [3.63, 3.8) is 0 Å². The lowest BCUT2D eigenvalue weighted by Gasteiger charge is -2.05. The van der Waals surface area contributed by atoms with E-state index in [9.17, 15) is 14.4 Å². The summed E-state index contributed by atoms with van der Waals surface area (Å²) in [4.78, 5) is 34.1. The van der Waals surface area contributed by atoms with Crippen molar-refractivity contribution in [1.29, 1.82) is 0 Å². The molecule has 1 aromatic rings. The van der Waals surface area contributed by atoms with Gasteiger partial charge in [-0.3, -0.25) is 14.4 Å². The standard InChI is InChI=1S/C12H12O5/c1-16-10-6-4-3-5-8(10)12(15)9(13)7-11(14)17-2/h3-6H,7H2,1-2H3. The fraction of sp³-hybridized carbons (Fsp3) is 0.250. The first-order valence-corrected chi connectivity index (χ1v) is 4.87. The maximum atomic E-state index is 11.7. The summed E-state index contributed by atoms with van der Waals surface area (Å²) in [6.45, 7) is 0. The predicted octanol–water partition coefficient (Wildman–Crippen LogP) is 1.01. The Morgan fingerprint density at radius 2 is 1.76 bits per heavy atom. The molecule has 0 aromatic heterocycles. The van der Waals surface area contributed by atoms with Crippen LogP contribution in [0, 0.1) is 0 Å². The Hall–Kier alpha value is -2.17. The SMILES string of the molecule is COC(=O)CC(=O)C(=O)c1ccccc1OC. The Labute approximate surface area is 98.3 Å². The highest BCUT2D eigenvalue weighted by molar-refractivity contribution is 6.46. The van der Waals surface area contributed by atoms with Gasteiger partial charge in [0.1, 0.15) is 12.2 Å². The molecule has 0 heterocycles. The zero-order chi connectivity index (χ0) is 12.8. The van der Waals surface area contributed by atoms with E-state index in [1.165, 1.54) is 13.2 Å². The van der Waals surface area contributed by atoms with Gasteiger partial charge in [0.05, 0.1) is 19.8 Å². The maximum Gasteiger partial charge on any atom is 0.313 e. The average molecular weight is 236 g/mol. The van der Waals surface area contributed by atoms with Crippen LogP contribution in [0.1, 0.15) is 16.8 Å². The summed E-state index contributed by atoms with van der Waals surface area (Å²) in [5.74, 6) is -2.01. The normalized spacial score (nSPS) is 9.53. The second kappa shape index (κ2) is 5.79. The van der Waals surface area contributed by atoms with Crippen molar-refractivity contribution in [2.45, 2.75) is 6.42 Å². The zero-order valence-corrected chi connectivity index (χ0v) is 9.56. The third kappa shape index (κ3) is 3.14. The van der Waals surface area contributed by atoms with E-state index in [0.717, 1.165) is 7.11 Å². The van der Waals surface area contributed by atoms with E-state index in [1.807, 2.05) is 0 Å². The predicted molar refractivity (Wildman–Crippen MR) is 59.0 cm³/mol. The van der Waals surface area contributed by atoms with Gasteiger partial charge in [-0.25, -0.2) is 0 Å². The first-order valence-electron chi connectivity index (χ1n) is 4.87. The summed E-state index contributed by atoms with van der Waals surface area (Å²) in [6, 6.07) is 6.33. The van der Waals surface area contributed by atoms with Crippen molar-refractivity contribution < 1.29 is 23.9 Å². The Balaban J connectivity index is 2.89. The highest BCUT2D eigenvalue weighted by atomic mass is 16.5. The Kier molecular flexibility index (Phi) is 4.39. The Morgan fingerprint density at radius 1 is 1.12 bits per heavy atom. The number of benzene rings is 1. The van der Waals surface area contributed by atoms with Crippen molar-refractivity contribution in [2.75, 3.05) is 14.2 Å². The molecule has 0 aliphatic carbocycles. The zero-order valence-electron chi connectivity index (χ0n) is 9.56. The molecule has 0 saturated carbocycles. The first-order chi connectivity index (χ1) is 8.10. The van der Waals surface area contributed by atoms with Gasteiger partial charge in [0, 0.05) is 0 Å². The number of carbonyl (C=O) groups is 3. The van der Waals surface area contributed by atoms with Crippen LogP contribution in [0.4, 0.5) is 0 Å². The lowest BCUT2D eigenvalue weighted by molar-refractivity contribution is -0.142. The van der Waals surface area contributed by atoms with Crippen LogP contribution in [0.5, 0.6) is 5.75 Å². The molecule has 0 unspecified atom stereocenters. The van der Waals surface area contributed by atoms with E-state index >= 15 is 0 Å². The van der Waals surface area contributed by atoms with Crippen LogP contribution >= 0.6 is 0 Å². The molecule has 17 heavy (non-hydrogen) atoms. The van der Waals surface area contributed by atoms with Crippen LogP contribution in [0.25, 0.3) is 0 Å². The fourth-order valence-corrected chi connectivity index (χ4v) is 1.27. The molecule has 0 aliphatic heterocycles. The van der Waals surface area contributed by atoms with Crippen molar-refractivity contribution in [3.8, 4) is 5.75 Å². The molecular weight excluding hydrogens is 224 g/mol. The van der Waals surface area contributed by atoms with Crippen LogP contribution in [0.3, 0.4) is 0 Å². The fourth-order valence-electron chi connectivity index (χ4n) is 1.27. The minimum absolute atomic E-state index is 0.143. The van der Waals surface area contributed by atoms with E-state index in [2.05, 4.69) is 4.74 Å². The van der Waals surface area contributed by atoms with Gasteiger partial charge in [0.15, 0.2) is 0 Å². The van der Waals surface area contributed by atoms with E-state index in [-0.39, 0.29) is 5.56 Å². The third-order valence-corrected chi connectivity index (χ3v) is 2.14. The molecule has 0 spiro atoms. The molecule has 0 saturated heterocycles. The summed E-state index contributed by atoms with van der Waals surface area (Å²) >= 11 is 0. The highest BCUT2D eigenvalue weighted by Crippen LogP contribution is 2.18. The van der Waals surface area contributed by atoms with Gasteiger partial charge in [0.25, 0.3) is 0 Å². The molecule has 5 nitrogen and oxygen atoms in total. The number of Topliss-reactive ketones (excluding diaryl/α,β-unsaturated/α-hetero) is 2. The number of para-hydroxylation sites is 1. The average Bonchev–Trinajstić information content (AvgIpc) is 2.37. The Bertz CT molecular complexity index is 450. The molecule has 0 N–H and O–H groups in total. The number of hydrogen-bond donors (Lipinski definition) is 0. The van der Waals surface area contributed by atoms with Crippen molar-refractivity contribution in [1.82, 2.24) is 0 Å². The summed E-state index contributed by atoms with van der Waals surface area (Å²) in [5.41, 5.74) is 0.143. The van der Waals surface area contributed by atoms with Gasteiger partial charge in [-0.1, -0.05) is 12.1 Å². The summed E-state index contributed by atoms with van der Waals surface area (Å²) in [5, 5.41) is 0. The third-order valence-electron chi connectivity index (χ3n) is 2.14. The molecule has 0 amide bonds. The van der Waals surface area contributed by atoms with Crippen LogP contribution in [0.2, 0.25) is 0 Å². The largest absolute Gasteiger partial charge is 0.496 e. The molecule has 0 atom stereocenters. The number of carbonyl (C=O) groups excluding carboxylic acids is 3. The Morgan fingerprint density at radius 3 is 2.35 bits per heavy atom. The molecule has 0 radical (unpaired) electrons. The number of rotatable bonds is 5. The summed E-state index contributed by atoms with van der Waals surface area (Å²) in [7, 11) is 2.56. The number of ketones is 2. The van der Waals surface area contributed by atoms with Crippen molar-refractivity contribution >= 4 is 17.5 Å². The molecule has 5 heteroatoms. The molecule has 0 aliphatic rings. The van der Waals surface area contributed by atoms with Gasteiger partial charge in [-0.05, 0) is 12.1 Å². The monoisotopic (exact) mass is 236 g/mol. The van der Waals surface area contributed by atoms with Crippen LogP contribution in [-0.4, -0.2) is 31.8 Å². The number of hydrogen-bond acceptors (Lipinski definition) is 5. The van der Waals surface area contributed by atoms with E-state index in [0.29, 0.717) is 5.75 Å². The quantitative estimate of drug-likeness (QED) is 0.330. The minimum Gasteiger partial charge on any atom is -0.496 e. The van der Waals surface area contributed by atoms with Gasteiger partial charge in [-0.15, -0.1) is 0 Å². The van der Waals surface area contributed by atoms with Crippen LogP contribution in [-0.2, 0) is 14.3 Å². The first kappa shape index (κ1) is 12.9. The molecule has 1 aromatic carbocycles. The number of ether oxygens (including phenoxy) is 2. The maximum absolute atomic E-state index is 11.7. The number of methoxy groups -OCH3 is 2. The topological polar surface area (TPSA) is 69.7 Å². The van der Waals surface area contributed by atoms with Crippen molar-refractivity contribution in [2.24, 2.45) is 0 Å². The molecule has 0 bridgehead atoms. The molecule has 90 valence electrons. The van der Waals surface area contributed by atoms with Crippen LogP contribution in [0.15, 0.2) is 24.3 Å². The summed E-state index contributed by atoms with van der Waals surface area (Å²) < 4.78 is 9.28. The van der Waals surface area contributed by atoms with Gasteiger partial charge in [0.2, 0.25) is 11.6 Å². The van der Waals surface area contributed by atoms with Gasteiger partial charge in [-0.2, -0.15) is 0 Å². The van der Waals surface area contributed by atoms with Gasteiger partial charge >= 0.3 is 5.97 Å². The molecular formula is C12H12O5. The van der Waals surface area contributed by atoms with E-state index in [4.69, 9.17) is 4.74 Å². The highest BCUT2D eigenvalue weighted by Gasteiger charge is 2.22. The van der Waals surface area contributed by atoms with E-state index in [1.54, 1.807) is 18.2 Å². The lowest BCUT2D eigenvalue weighted by atomic mass is 10.0. The van der Waals surface area contributed by atoms with Gasteiger partial charge < -0.3 is 9.47 Å².